The maximum Gasteiger partial charge on any atom is 0.335 e. The highest BCUT2D eigenvalue weighted by Crippen LogP contribution is 2.18. The molecule has 0 unspecified atom stereocenters. The molecule has 3 aromatic carbocycles. The topological polar surface area (TPSA) is 158 Å². The minimum atomic E-state index is -1.01. The molecule has 0 radical (unpaired) electrons. The van der Waals surface area contributed by atoms with Crippen molar-refractivity contribution in [2.45, 2.75) is 0 Å². The second-order valence-electron chi connectivity index (χ2n) is 8.03. The lowest BCUT2D eigenvalue weighted by molar-refractivity contribution is 0.0126. The summed E-state index contributed by atoms with van der Waals surface area (Å²) in [7, 11) is 0. The Morgan fingerprint density at radius 1 is 0.472 bits per heavy atom. The van der Waals surface area contributed by atoms with E-state index < -0.39 is 17.9 Å². The quantitative estimate of drug-likeness (QED) is 0.260. The Kier molecular flexibility index (Phi) is 7.30. The van der Waals surface area contributed by atoms with Crippen LogP contribution in [0, 0.1) is 0 Å². The normalized spacial score (nSPS) is 14.7. The Balaban J connectivity index is 1.49. The second-order valence-corrected chi connectivity index (χ2v) is 8.03. The largest absolute Gasteiger partial charge is 0.478 e. The van der Waals surface area contributed by atoms with E-state index in [9.17, 15) is 14.4 Å². The fourth-order valence-electron chi connectivity index (χ4n) is 3.57. The fourth-order valence-corrected chi connectivity index (χ4v) is 3.57. The molecule has 0 amide bonds. The molecule has 6 N–H and O–H groups in total. The monoisotopic (exact) mass is 492 g/mol. The highest BCUT2D eigenvalue weighted by Gasteiger charge is 2.24. The average Bonchev–Trinajstić information content (AvgIpc) is 2.85. The van der Waals surface area contributed by atoms with Gasteiger partial charge in [-0.15, -0.1) is 0 Å². The van der Waals surface area contributed by atoms with Crippen LogP contribution < -0.4 is 16.3 Å². The first-order chi connectivity index (χ1) is 17.3. The molecule has 0 aromatic heterocycles. The second kappa shape index (κ2) is 10.7. The van der Waals surface area contributed by atoms with Crippen LogP contribution in [0.25, 0.3) is 0 Å². The summed E-state index contributed by atoms with van der Waals surface area (Å²) in [5, 5.41) is 33.0. The van der Waals surface area contributed by atoms with E-state index in [-0.39, 0.29) is 16.7 Å². The van der Waals surface area contributed by atoms with Gasteiger partial charge in [-0.1, -0.05) is 0 Å². The summed E-state index contributed by atoms with van der Waals surface area (Å²) in [6.45, 7) is 1.24. The maximum absolute atomic E-state index is 11.1. The number of nitrogens with zero attached hydrogens (tertiary/aromatic N) is 3. The van der Waals surface area contributed by atoms with Crippen LogP contribution >= 0.6 is 0 Å². The standard InChI is InChI=1S/C24H24N6O6/c31-22(32)16-1-7-19(8-2-16)25-28-13-29(26-20-9-3-17(4-10-20)23(33)34)15-30(14-28)27-21-11-5-18(6-12-21)24(35)36/h1-12,25-27H,13-15H2,(H,31,32)(H,33,34)(H,35,36). The van der Waals surface area contributed by atoms with Gasteiger partial charge in [-0.05, 0) is 72.8 Å². The van der Waals surface area contributed by atoms with E-state index in [4.69, 9.17) is 15.3 Å². The number of anilines is 3. The van der Waals surface area contributed by atoms with E-state index in [1.54, 1.807) is 36.4 Å². The number of benzene rings is 3. The van der Waals surface area contributed by atoms with Gasteiger partial charge < -0.3 is 31.6 Å². The van der Waals surface area contributed by atoms with E-state index in [1.165, 1.54) is 36.4 Å². The molecule has 1 fully saturated rings. The van der Waals surface area contributed by atoms with Crippen LogP contribution in [0.4, 0.5) is 17.1 Å². The van der Waals surface area contributed by atoms with E-state index >= 15 is 0 Å². The molecule has 1 heterocycles. The third-order valence-electron chi connectivity index (χ3n) is 5.28. The molecule has 0 bridgehead atoms. The van der Waals surface area contributed by atoms with Gasteiger partial charge in [-0.2, -0.15) is 15.0 Å². The van der Waals surface area contributed by atoms with Gasteiger partial charge in [0.25, 0.3) is 0 Å². The van der Waals surface area contributed by atoms with Crippen molar-refractivity contribution in [1.29, 1.82) is 0 Å². The molecule has 186 valence electrons. The van der Waals surface area contributed by atoms with Crippen molar-refractivity contribution in [3.8, 4) is 0 Å². The summed E-state index contributed by atoms with van der Waals surface area (Å²) >= 11 is 0. The Morgan fingerprint density at radius 2 is 0.694 bits per heavy atom. The predicted molar refractivity (Wildman–Crippen MR) is 131 cm³/mol. The number of carboxylic acids is 3. The third kappa shape index (κ3) is 6.27. The van der Waals surface area contributed by atoms with E-state index in [2.05, 4.69) is 16.3 Å². The van der Waals surface area contributed by atoms with Crippen molar-refractivity contribution in [2.24, 2.45) is 0 Å². The number of carboxylic acid groups (broad SMARTS) is 3. The smallest absolute Gasteiger partial charge is 0.335 e. The molecule has 0 aliphatic carbocycles. The molecule has 1 saturated heterocycles. The summed E-state index contributed by atoms with van der Waals surface area (Å²) < 4.78 is 0. The summed E-state index contributed by atoms with van der Waals surface area (Å²) in [6, 6.07) is 19.1. The zero-order chi connectivity index (χ0) is 25.7. The lowest BCUT2D eigenvalue weighted by atomic mass is 10.2. The molecule has 0 saturated carbocycles. The van der Waals surface area contributed by atoms with Crippen molar-refractivity contribution in [1.82, 2.24) is 15.0 Å². The molecule has 4 rings (SSSR count). The van der Waals surface area contributed by atoms with Gasteiger partial charge in [0.2, 0.25) is 0 Å². The molecule has 0 atom stereocenters. The number of hydrogen-bond donors (Lipinski definition) is 6. The van der Waals surface area contributed by atoms with Crippen LogP contribution in [-0.2, 0) is 0 Å². The number of nitrogens with one attached hydrogen (secondary N) is 3. The third-order valence-corrected chi connectivity index (χ3v) is 5.28. The van der Waals surface area contributed by atoms with Crippen LogP contribution in [0.1, 0.15) is 31.1 Å². The zero-order valence-electron chi connectivity index (χ0n) is 19.0. The minimum absolute atomic E-state index is 0.181. The Hall–Kier alpha value is -4.65. The Morgan fingerprint density at radius 3 is 0.889 bits per heavy atom. The minimum Gasteiger partial charge on any atom is -0.478 e. The van der Waals surface area contributed by atoms with Gasteiger partial charge in [0.05, 0.1) is 36.7 Å². The van der Waals surface area contributed by atoms with Gasteiger partial charge in [-0.25, -0.2) is 14.4 Å². The van der Waals surface area contributed by atoms with Crippen LogP contribution in [-0.4, -0.2) is 68.3 Å². The van der Waals surface area contributed by atoms with Gasteiger partial charge in [0.15, 0.2) is 0 Å². The van der Waals surface area contributed by atoms with Crippen molar-refractivity contribution < 1.29 is 29.7 Å². The molecule has 0 spiro atoms. The first kappa shape index (κ1) is 24.5. The maximum atomic E-state index is 11.1. The summed E-state index contributed by atoms with van der Waals surface area (Å²) in [4.78, 5) is 33.4. The predicted octanol–water partition coefficient (Wildman–Crippen LogP) is 2.95. The van der Waals surface area contributed by atoms with Gasteiger partial charge in [0, 0.05) is 17.1 Å². The Bertz CT molecular complexity index is 1070. The SMILES string of the molecule is O=C(O)c1ccc(NN2CN(Nc3ccc(C(=O)O)cc3)CN(Nc3ccc(C(=O)O)cc3)C2)cc1. The number of rotatable bonds is 9. The van der Waals surface area contributed by atoms with Crippen molar-refractivity contribution >= 4 is 35.0 Å². The van der Waals surface area contributed by atoms with Crippen molar-refractivity contribution in [2.75, 3.05) is 36.3 Å². The summed E-state index contributed by atoms with van der Waals surface area (Å²) in [5.41, 5.74) is 12.4. The lowest BCUT2D eigenvalue weighted by Crippen LogP contribution is -2.59. The van der Waals surface area contributed by atoms with Crippen molar-refractivity contribution in [3.05, 3.63) is 89.5 Å². The molecule has 1 aliphatic rings. The van der Waals surface area contributed by atoms with Crippen LogP contribution in [0.3, 0.4) is 0 Å². The molecular formula is C24H24N6O6. The van der Waals surface area contributed by atoms with Crippen LogP contribution in [0.15, 0.2) is 72.8 Å². The van der Waals surface area contributed by atoms with E-state index in [0.29, 0.717) is 37.1 Å². The van der Waals surface area contributed by atoms with Gasteiger partial charge >= 0.3 is 17.9 Å². The first-order valence-electron chi connectivity index (χ1n) is 10.8. The highest BCUT2D eigenvalue weighted by atomic mass is 16.4. The molecule has 1 aliphatic heterocycles. The number of hydrogen-bond acceptors (Lipinski definition) is 9. The van der Waals surface area contributed by atoms with Crippen molar-refractivity contribution in [3.63, 3.8) is 0 Å². The Labute approximate surface area is 205 Å². The molecule has 12 nitrogen and oxygen atoms in total. The lowest BCUT2D eigenvalue weighted by Gasteiger charge is -2.42. The van der Waals surface area contributed by atoms with Gasteiger partial charge in [-0.3, -0.25) is 0 Å². The highest BCUT2D eigenvalue weighted by molar-refractivity contribution is 5.89. The summed E-state index contributed by atoms with van der Waals surface area (Å²) in [6.07, 6.45) is 0. The summed E-state index contributed by atoms with van der Waals surface area (Å²) in [5.74, 6) is -3.02. The van der Waals surface area contributed by atoms with Gasteiger partial charge in [0.1, 0.15) is 0 Å². The first-order valence-corrected chi connectivity index (χ1v) is 10.8. The molecule has 12 heteroatoms. The van der Waals surface area contributed by atoms with Crippen LogP contribution in [0.2, 0.25) is 0 Å². The fraction of sp³-hybridized carbons (Fsp3) is 0.125. The number of aromatic carboxylic acids is 3. The van der Waals surface area contributed by atoms with Crippen LogP contribution in [0.5, 0.6) is 0 Å². The number of carbonyl (C=O) groups is 3. The molecule has 3 aromatic rings. The zero-order valence-corrected chi connectivity index (χ0v) is 19.0. The van der Waals surface area contributed by atoms with E-state index in [0.717, 1.165) is 0 Å². The molecular weight excluding hydrogens is 468 g/mol. The number of hydrazine groups is 3. The average molecular weight is 492 g/mol. The van der Waals surface area contributed by atoms with E-state index in [1.807, 2.05) is 15.0 Å². The molecule has 36 heavy (non-hydrogen) atoms.